The molecule has 4 nitrogen and oxygen atoms in total. The van der Waals surface area contributed by atoms with Crippen molar-refractivity contribution in [3.05, 3.63) is 60.8 Å². The number of aliphatic hydroxyl groups is 2. The molecule has 3 N–H and O–H groups in total. The molecular weight excluding hydrogens is 675 g/mol. The Morgan fingerprint density at radius 2 is 0.764 bits per heavy atom. The molecule has 0 aliphatic rings. The molecule has 0 bridgehead atoms. The summed E-state index contributed by atoms with van der Waals surface area (Å²) in [5, 5.41) is 23.0. The maximum atomic E-state index is 12.4. The first-order valence-electron chi connectivity index (χ1n) is 24.0. The predicted molar refractivity (Wildman–Crippen MR) is 244 cm³/mol. The van der Waals surface area contributed by atoms with Crippen LogP contribution in [0, 0.1) is 0 Å². The zero-order chi connectivity index (χ0) is 40.0. The number of carbonyl (C=O) groups excluding carboxylic acids is 1. The van der Waals surface area contributed by atoms with Crippen molar-refractivity contribution in [3.63, 3.8) is 0 Å². The average Bonchev–Trinajstić information content (AvgIpc) is 3.19. The lowest BCUT2D eigenvalue weighted by molar-refractivity contribution is -0.123. The van der Waals surface area contributed by atoms with Gasteiger partial charge in [0.1, 0.15) is 0 Å². The topological polar surface area (TPSA) is 69.6 Å². The van der Waals surface area contributed by atoms with Gasteiger partial charge in [0, 0.05) is 6.42 Å². The number of allylic oxidation sites excluding steroid dienone is 9. The van der Waals surface area contributed by atoms with Gasteiger partial charge in [-0.3, -0.25) is 4.79 Å². The summed E-state index contributed by atoms with van der Waals surface area (Å²) in [5.41, 5.74) is 0. The highest BCUT2D eigenvalue weighted by molar-refractivity contribution is 5.76. The van der Waals surface area contributed by atoms with Gasteiger partial charge in [0.15, 0.2) is 0 Å². The molecule has 0 rings (SSSR count). The van der Waals surface area contributed by atoms with Gasteiger partial charge in [-0.25, -0.2) is 0 Å². The number of aliphatic hydroxyl groups excluding tert-OH is 2. The quantitative estimate of drug-likeness (QED) is 0.0427. The highest BCUT2D eigenvalue weighted by Gasteiger charge is 2.17. The van der Waals surface area contributed by atoms with E-state index in [9.17, 15) is 15.0 Å². The standard InChI is InChI=1S/C51H93NO3/c1-3-5-7-9-11-13-15-17-19-21-23-25-26-27-29-31-33-35-37-39-41-43-45-47-51(55)52-49(48-53)50(54)46-44-42-40-38-36-34-32-30-28-24-22-20-18-16-14-12-10-8-6-4-2/h15,17,21,23,26-27,36,38,44,46,49-50,53-54H,3-14,16,18-20,22,24-25,28-35,37,39-43,45,47-48H2,1-2H3,(H,52,55)/b17-15-,23-21-,27-26-,38-36+,46-44+. The van der Waals surface area contributed by atoms with Crippen LogP contribution in [0.15, 0.2) is 60.8 Å². The van der Waals surface area contributed by atoms with Crippen LogP contribution in [0.3, 0.4) is 0 Å². The van der Waals surface area contributed by atoms with Gasteiger partial charge < -0.3 is 15.5 Å². The minimum atomic E-state index is -0.868. The molecule has 0 aromatic rings. The van der Waals surface area contributed by atoms with E-state index in [1.807, 2.05) is 6.08 Å². The van der Waals surface area contributed by atoms with Crippen molar-refractivity contribution in [1.82, 2.24) is 5.32 Å². The number of nitrogens with one attached hydrogen (secondary N) is 1. The van der Waals surface area contributed by atoms with Gasteiger partial charge in [0.25, 0.3) is 0 Å². The molecule has 0 aliphatic heterocycles. The summed E-state index contributed by atoms with van der Waals surface area (Å²) in [6.45, 7) is 4.29. The smallest absolute Gasteiger partial charge is 0.220 e. The highest BCUT2D eigenvalue weighted by atomic mass is 16.3. The number of amides is 1. The summed E-state index contributed by atoms with van der Waals surface area (Å²) in [4.78, 5) is 12.4. The third kappa shape index (κ3) is 43.1. The van der Waals surface area contributed by atoms with Crippen LogP contribution in [-0.2, 0) is 4.79 Å². The van der Waals surface area contributed by atoms with Crippen molar-refractivity contribution < 1.29 is 15.0 Å². The SMILES string of the molecule is CCCCCCC/C=C\C/C=C\C/C=C\CCCCCCCCCCC(=O)NC(CO)C(O)/C=C/CC/C=C/CCCCCCCCCCCCCCCC. The van der Waals surface area contributed by atoms with E-state index in [2.05, 4.69) is 67.8 Å². The maximum Gasteiger partial charge on any atom is 0.220 e. The van der Waals surface area contributed by atoms with Crippen molar-refractivity contribution in [2.45, 2.75) is 251 Å². The van der Waals surface area contributed by atoms with Crippen molar-refractivity contribution in [1.29, 1.82) is 0 Å². The molecular formula is C51H93NO3. The molecule has 2 unspecified atom stereocenters. The van der Waals surface area contributed by atoms with Crippen LogP contribution in [0.4, 0.5) is 0 Å². The molecule has 0 heterocycles. The fraction of sp³-hybridized carbons (Fsp3) is 0.784. The second-order valence-electron chi connectivity index (χ2n) is 16.2. The van der Waals surface area contributed by atoms with Crippen molar-refractivity contribution in [3.8, 4) is 0 Å². The lowest BCUT2D eigenvalue weighted by atomic mass is 10.0. The van der Waals surface area contributed by atoms with Gasteiger partial charge >= 0.3 is 0 Å². The van der Waals surface area contributed by atoms with E-state index in [1.54, 1.807) is 6.08 Å². The third-order valence-corrected chi connectivity index (χ3v) is 10.7. The van der Waals surface area contributed by atoms with Gasteiger partial charge in [-0.05, 0) is 70.6 Å². The van der Waals surface area contributed by atoms with Crippen LogP contribution in [0.5, 0.6) is 0 Å². The monoisotopic (exact) mass is 768 g/mol. The first-order valence-corrected chi connectivity index (χ1v) is 24.0. The normalized spacial score (nSPS) is 13.5. The molecule has 320 valence electrons. The second kappa shape index (κ2) is 46.5. The van der Waals surface area contributed by atoms with Gasteiger partial charge in [0.05, 0.1) is 18.8 Å². The maximum absolute atomic E-state index is 12.4. The van der Waals surface area contributed by atoms with E-state index in [4.69, 9.17) is 0 Å². The van der Waals surface area contributed by atoms with Gasteiger partial charge in [0.2, 0.25) is 5.91 Å². The Morgan fingerprint density at radius 1 is 0.436 bits per heavy atom. The van der Waals surface area contributed by atoms with Crippen LogP contribution < -0.4 is 5.32 Å². The number of unbranched alkanes of at least 4 members (excludes halogenated alkanes) is 28. The van der Waals surface area contributed by atoms with E-state index in [0.29, 0.717) is 6.42 Å². The second-order valence-corrected chi connectivity index (χ2v) is 16.2. The molecule has 0 aliphatic carbocycles. The molecule has 0 aromatic heterocycles. The first kappa shape index (κ1) is 53.1. The Hall–Kier alpha value is -1.91. The number of hydrogen-bond donors (Lipinski definition) is 3. The molecule has 0 aromatic carbocycles. The fourth-order valence-electron chi connectivity index (χ4n) is 7.02. The lowest BCUT2D eigenvalue weighted by Crippen LogP contribution is -2.45. The summed E-state index contributed by atoms with van der Waals surface area (Å²) in [7, 11) is 0. The molecule has 0 saturated carbocycles. The van der Waals surface area contributed by atoms with Gasteiger partial charge in [-0.1, -0.05) is 222 Å². The van der Waals surface area contributed by atoms with Crippen LogP contribution in [0.25, 0.3) is 0 Å². The Morgan fingerprint density at radius 3 is 1.18 bits per heavy atom. The Bertz CT molecular complexity index is 919. The van der Waals surface area contributed by atoms with E-state index < -0.39 is 12.1 Å². The summed E-state index contributed by atoms with van der Waals surface area (Å²) in [5.74, 6) is -0.0817. The number of carbonyl (C=O) groups is 1. The van der Waals surface area contributed by atoms with Gasteiger partial charge in [-0.2, -0.15) is 0 Å². The minimum absolute atomic E-state index is 0.0817. The molecule has 4 heteroatoms. The van der Waals surface area contributed by atoms with Crippen molar-refractivity contribution >= 4 is 5.91 Å². The van der Waals surface area contributed by atoms with Crippen LogP contribution in [0.2, 0.25) is 0 Å². The predicted octanol–water partition coefficient (Wildman–Crippen LogP) is 15.3. The summed E-state index contributed by atoms with van der Waals surface area (Å²) < 4.78 is 0. The Labute approximate surface area is 343 Å². The van der Waals surface area contributed by atoms with Gasteiger partial charge in [-0.15, -0.1) is 0 Å². The number of hydrogen-bond acceptors (Lipinski definition) is 3. The Balaban J connectivity index is 3.62. The molecule has 2 atom stereocenters. The molecule has 0 spiro atoms. The number of rotatable bonds is 43. The minimum Gasteiger partial charge on any atom is -0.394 e. The summed E-state index contributed by atoms with van der Waals surface area (Å²) >= 11 is 0. The fourth-order valence-corrected chi connectivity index (χ4v) is 7.02. The molecule has 0 radical (unpaired) electrons. The summed E-state index contributed by atoms with van der Waals surface area (Å²) in [6, 6.07) is -0.645. The highest BCUT2D eigenvalue weighted by Crippen LogP contribution is 2.14. The molecule has 0 saturated heterocycles. The van der Waals surface area contributed by atoms with E-state index >= 15 is 0 Å². The zero-order valence-electron chi connectivity index (χ0n) is 36.7. The largest absolute Gasteiger partial charge is 0.394 e. The van der Waals surface area contributed by atoms with Crippen LogP contribution >= 0.6 is 0 Å². The molecule has 1 amide bonds. The molecule has 0 fully saturated rings. The third-order valence-electron chi connectivity index (χ3n) is 10.7. The van der Waals surface area contributed by atoms with Crippen LogP contribution in [-0.4, -0.2) is 34.9 Å². The van der Waals surface area contributed by atoms with Crippen LogP contribution in [0.1, 0.15) is 239 Å². The van der Waals surface area contributed by atoms with Crippen molar-refractivity contribution in [2.75, 3.05) is 6.61 Å². The first-order chi connectivity index (χ1) is 27.2. The lowest BCUT2D eigenvalue weighted by Gasteiger charge is -2.19. The van der Waals surface area contributed by atoms with E-state index in [0.717, 1.165) is 51.4 Å². The molecule has 55 heavy (non-hydrogen) atoms. The van der Waals surface area contributed by atoms with E-state index in [1.165, 1.54) is 167 Å². The average molecular weight is 768 g/mol. The Kier molecular flexibility index (Phi) is 44.9. The zero-order valence-corrected chi connectivity index (χ0v) is 36.7. The summed E-state index contributed by atoms with van der Waals surface area (Å²) in [6.07, 6.45) is 64.8. The van der Waals surface area contributed by atoms with E-state index in [-0.39, 0.29) is 12.5 Å². The van der Waals surface area contributed by atoms with Crippen molar-refractivity contribution in [2.24, 2.45) is 0 Å².